The third kappa shape index (κ3) is 5.43. The van der Waals surface area contributed by atoms with Gasteiger partial charge in [-0.1, -0.05) is 37.7 Å². The van der Waals surface area contributed by atoms with Crippen molar-refractivity contribution in [1.82, 2.24) is 4.90 Å². The molecule has 2 heterocycles. The molecule has 3 aromatic rings. The van der Waals surface area contributed by atoms with Gasteiger partial charge in [0.1, 0.15) is 6.26 Å². The highest BCUT2D eigenvalue weighted by Gasteiger charge is 2.28. The van der Waals surface area contributed by atoms with Crippen molar-refractivity contribution in [3.8, 4) is 0 Å². The van der Waals surface area contributed by atoms with Crippen LogP contribution in [0.2, 0.25) is 0 Å². The number of carbonyl (C=O) groups is 2. The summed E-state index contributed by atoms with van der Waals surface area (Å²) in [5, 5.41) is 3.03. The Morgan fingerprint density at radius 1 is 0.969 bits per heavy atom. The lowest BCUT2D eigenvalue weighted by atomic mass is 9.95. The summed E-state index contributed by atoms with van der Waals surface area (Å²) < 4.78 is 4.99. The molecule has 0 unspecified atom stereocenters. The zero-order valence-corrected chi connectivity index (χ0v) is 19.2. The second-order valence-electron chi connectivity index (χ2n) is 8.42. The highest BCUT2D eigenvalue weighted by Crippen LogP contribution is 2.30. The van der Waals surface area contributed by atoms with Gasteiger partial charge in [0.25, 0.3) is 5.91 Å². The second-order valence-corrected chi connectivity index (χ2v) is 9.56. The number of hydrogen-bond acceptors (Lipinski definition) is 4. The summed E-state index contributed by atoms with van der Waals surface area (Å²) >= 11 is 1.71. The van der Waals surface area contributed by atoms with Crippen LogP contribution >= 0.6 is 11.8 Å². The number of piperidine rings is 1. The van der Waals surface area contributed by atoms with Gasteiger partial charge in [0.15, 0.2) is 0 Å². The minimum Gasteiger partial charge on any atom is -0.472 e. The van der Waals surface area contributed by atoms with E-state index in [1.165, 1.54) is 23.0 Å². The molecule has 1 N–H and O–H groups in total. The third-order valence-corrected chi connectivity index (χ3v) is 6.84. The molecule has 0 bridgehead atoms. The maximum Gasteiger partial charge on any atom is 0.257 e. The molecule has 1 saturated heterocycles. The number of rotatable bonds is 6. The van der Waals surface area contributed by atoms with Crippen LogP contribution in [0.15, 0.2) is 81.3 Å². The average molecular weight is 449 g/mol. The first-order chi connectivity index (χ1) is 15.5. The van der Waals surface area contributed by atoms with E-state index in [1.807, 2.05) is 24.3 Å². The molecule has 4 rings (SSSR count). The van der Waals surface area contributed by atoms with Crippen LogP contribution in [0.1, 0.15) is 48.5 Å². The van der Waals surface area contributed by atoms with Gasteiger partial charge >= 0.3 is 0 Å². The largest absolute Gasteiger partial charge is 0.472 e. The van der Waals surface area contributed by atoms with Crippen molar-refractivity contribution >= 4 is 29.3 Å². The molecule has 6 heteroatoms. The van der Waals surface area contributed by atoms with Gasteiger partial charge in [0, 0.05) is 34.5 Å². The third-order valence-electron chi connectivity index (χ3n) is 5.83. The molecule has 1 aromatic heterocycles. The van der Waals surface area contributed by atoms with Crippen LogP contribution in [0.5, 0.6) is 0 Å². The van der Waals surface area contributed by atoms with Crippen molar-refractivity contribution in [3.05, 3.63) is 78.3 Å². The van der Waals surface area contributed by atoms with Crippen molar-refractivity contribution < 1.29 is 14.0 Å². The van der Waals surface area contributed by atoms with Crippen molar-refractivity contribution in [2.75, 3.05) is 18.4 Å². The molecule has 0 aliphatic carbocycles. The second kappa shape index (κ2) is 10.1. The maximum atomic E-state index is 12.7. The molecule has 2 aromatic carbocycles. The lowest BCUT2D eigenvalue weighted by Gasteiger charge is -2.31. The van der Waals surface area contributed by atoms with E-state index in [4.69, 9.17) is 4.42 Å². The fraction of sp³-hybridized carbons (Fsp3) is 0.308. The van der Waals surface area contributed by atoms with Crippen LogP contribution in [0, 0.1) is 5.92 Å². The van der Waals surface area contributed by atoms with Gasteiger partial charge in [0.05, 0.1) is 11.8 Å². The van der Waals surface area contributed by atoms with Crippen LogP contribution in [0.4, 0.5) is 5.69 Å². The number of furan rings is 1. The Kier molecular flexibility index (Phi) is 7.00. The van der Waals surface area contributed by atoms with Gasteiger partial charge in [-0.05, 0) is 66.8 Å². The van der Waals surface area contributed by atoms with Crippen molar-refractivity contribution in [2.24, 2.45) is 5.92 Å². The van der Waals surface area contributed by atoms with Gasteiger partial charge in [-0.3, -0.25) is 9.59 Å². The molecule has 1 aliphatic heterocycles. The molecule has 2 amide bonds. The van der Waals surface area contributed by atoms with Crippen molar-refractivity contribution in [2.45, 2.75) is 42.4 Å². The lowest BCUT2D eigenvalue weighted by molar-refractivity contribution is -0.121. The first-order valence-corrected chi connectivity index (χ1v) is 11.8. The van der Waals surface area contributed by atoms with E-state index < -0.39 is 0 Å². The Bertz CT molecular complexity index is 1040. The zero-order chi connectivity index (χ0) is 22.5. The molecule has 0 saturated carbocycles. The highest BCUT2D eigenvalue weighted by atomic mass is 32.2. The smallest absolute Gasteiger partial charge is 0.257 e. The minimum absolute atomic E-state index is 0.0186. The average Bonchev–Trinajstić information content (AvgIpc) is 3.35. The molecule has 32 heavy (non-hydrogen) atoms. The molecular formula is C26H28N2O3S. The maximum absolute atomic E-state index is 12.7. The van der Waals surface area contributed by atoms with Gasteiger partial charge in [0.2, 0.25) is 5.91 Å². The normalized spacial score (nSPS) is 14.5. The number of hydrogen-bond donors (Lipinski definition) is 1. The van der Waals surface area contributed by atoms with Gasteiger partial charge in [-0.15, -0.1) is 0 Å². The minimum atomic E-state index is -0.0862. The van der Waals surface area contributed by atoms with E-state index in [0.29, 0.717) is 37.4 Å². The Morgan fingerprint density at radius 2 is 1.59 bits per heavy atom. The summed E-state index contributed by atoms with van der Waals surface area (Å²) in [5.41, 5.74) is 2.69. The lowest BCUT2D eigenvalue weighted by Crippen LogP contribution is -2.41. The molecule has 0 radical (unpaired) electrons. The van der Waals surface area contributed by atoms with E-state index in [-0.39, 0.29) is 17.7 Å². The standard InChI is InChI=1S/C26H28N2O3S/c1-18(2)19-3-7-23(8-4-19)32-24-9-5-22(6-10-24)27-25(29)20-11-14-28(15-12-20)26(30)21-13-16-31-17-21/h3-10,13,16-18,20H,11-12,14-15H2,1-2H3,(H,27,29). The topological polar surface area (TPSA) is 62.6 Å². The monoisotopic (exact) mass is 448 g/mol. The van der Waals surface area contributed by atoms with Gasteiger partial charge < -0.3 is 14.6 Å². The van der Waals surface area contributed by atoms with Gasteiger partial charge in [-0.25, -0.2) is 0 Å². The Labute approximate surface area is 193 Å². The van der Waals surface area contributed by atoms with E-state index in [1.54, 1.807) is 22.7 Å². The van der Waals surface area contributed by atoms with E-state index >= 15 is 0 Å². The summed E-state index contributed by atoms with van der Waals surface area (Å²) in [5.74, 6) is 0.424. The molecule has 0 atom stereocenters. The predicted octanol–water partition coefficient (Wildman–Crippen LogP) is 6.05. The van der Waals surface area contributed by atoms with Crippen LogP contribution in [0.25, 0.3) is 0 Å². The summed E-state index contributed by atoms with van der Waals surface area (Å²) in [7, 11) is 0. The predicted molar refractivity (Wildman–Crippen MR) is 127 cm³/mol. The first kappa shape index (κ1) is 22.2. The summed E-state index contributed by atoms with van der Waals surface area (Å²) in [4.78, 5) is 29.2. The number of nitrogens with one attached hydrogen (secondary N) is 1. The number of nitrogens with zero attached hydrogens (tertiary/aromatic N) is 1. The Hall–Kier alpha value is -2.99. The van der Waals surface area contributed by atoms with Crippen LogP contribution in [0.3, 0.4) is 0 Å². The highest BCUT2D eigenvalue weighted by molar-refractivity contribution is 7.99. The molecule has 166 valence electrons. The Balaban J connectivity index is 1.27. The van der Waals surface area contributed by atoms with Crippen molar-refractivity contribution in [3.63, 3.8) is 0 Å². The van der Waals surface area contributed by atoms with E-state index in [0.717, 1.165) is 10.6 Å². The SMILES string of the molecule is CC(C)c1ccc(Sc2ccc(NC(=O)C3CCN(C(=O)c4ccoc4)CC3)cc2)cc1. The molecule has 5 nitrogen and oxygen atoms in total. The van der Waals surface area contributed by atoms with Crippen molar-refractivity contribution in [1.29, 1.82) is 0 Å². The summed E-state index contributed by atoms with van der Waals surface area (Å²) in [6.45, 7) is 5.54. The van der Waals surface area contributed by atoms with Crippen LogP contribution in [-0.2, 0) is 4.79 Å². The Morgan fingerprint density at radius 3 is 2.16 bits per heavy atom. The fourth-order valence-electron chi connectivity index (χ4n) is 3.82. The van der Waals surface area contributed by atoms with Gasteiger partial charge in [-0.2, -0.15) is 0 Å². The summed E-state index contributed by atoms with van der Waals surface area (Å²) in [6, 6.07) is 18.3. The number of anilines is 1. The van der Waals surface area contributed by atoms with Crippen LogP contribution in [-0.4, -0.2) is 29.8 Å². The number of benzene rings is 2. The van der Waals surface area contributed by atoms with Crippen LogP contribution < -0.4 is 5.32 Å². The molecule has 0 spiro atoms. The molecular weight excluding hydrogens is 420 g/mol. The quantitative estimate of drug-likeness (QED) is 0.499. The molecule has 1 aliphatic rings. The zero-order valence-electron chi connectivity index (χ0n) is 18.4. The summed E-state index contributed by atoms with van der Waals surface area (Å²) in [6.07, 6.45) is 4.29. The number of likely N-dealkylation sites (tertiary alicyclic amines) is 1. The van der Waals surface area contributed by atoms with E-state index in [9.17, 15) is 9.59 Å². The first-order valence-electron chi connectivity index (χ1n) is 11.0. The molecule has 1 fully saturated rings. The number of amides is 2. The number of carbonyl (C=O) groups excluding carboxylic acids is 2. The fourth-order valence-corrected chi connectivity index (χ4v) is 4.64. The van der Waals surface area contributed by atoms with E-state index in [2.05, 4.69) is 43.4 Å².